The van der Waals surface area contributed by atoms with Crippen molar-refractivity contribution in [2.75, 3.05) is 14.0 Å². The van der Waals surface area contributed by atoms with Crippen LogP contribution >= 0.6 is 0 Å². The van der Waals surface area contributed by atoms with E-state index in [1.807, 2.05) is 19.1 Å². The number of hydrogen-bond donors (Lipinski definition) is 0. The summed E-state index contributed by atoms with van der Waals surface area (Å²) >= 11 is 0. The molecule has 1 amide bonds. The molecule has 28 heavy (non-hydrogen) atoms. The molecule has 0 saturated carbocycles. The monoisotopic (exact) mass is 380 g/mol. The quantitative estimate of drug-likeness (QED) is 0.535. The Hall–Kier alpha value is -3.54. The Morgan fingerprint density at radius 3 is 2.79 bits per heavy atom. The molecule has 3 heterocycles. The lowest BCUT2D eigenvalue weighted by atomic mass is 9.98. The Kier molecular flexibility index (Phi) is 2.96. The number of hydrogen-bond acceptors (Lipinski definition) is 3. The zero-order chi connectivity index (χ0) is 24.8. The largest absolute Gasteiger partial charge is 0.343 e. The van der Waals surface area contributed by atoms with Crippen molar-refractivity contribution >= 4 is 11.6 Å². The highest BCUT2D eigenvalue weighted by atomic mass is 19.1. The second-order valence-electron chi connectivity index (χ2n) is 6.28. The van der Waals surface area contributed by atoms with Gasteiger partial charge in [0.2, 0.25) is 0 Å². The molecule has 0 bridgehead atoms. The molecular weight excluding hydrogens is 355 g/mol. The SMILES string of the molecule is [2H]C([2H])([2H])N(C(=O)c1cnc2ccc(-c3cc(F)ccc3-c3cccc(C)n3)cn12)C([2H])([2H])[2H]. The maximum Gasteiger partial charge on any atom is 0.271 e. The predicted octanol–water partition coefficient (Wildman–Crippen LogP) is 4.21. The number of halogens is 1. The molecule has 5 nitrogen and oxygen atoms in total. The highest BCUT2D eigenvalue weighted by Crippen LogP contribution is 2.32. The van der Waals surface area contributed by atoms with Gasteiger partial charge in [-0.3, -0.25) is 14.2 Å². The number of carbonyl (C=O) groups excluding carboxylic acids is 1. The van der Waals surface area contributed by atoms with Crippen LogP contribution in [0.1, 0.15) is 24.4 Å². The normalized spacial score (nSPS) is 15.1. The van der Waals surface area contributed by atoms with Crippen molar-refractivity contribution in [1.82, 2.24) is 19.3 Å². The van der Waals surface area contributed by atoms with Gasteiger partial charge in [0, 0.05) is 39.6 Å². The van der Waals surface area contributed by atoms with Crippen LogP contribution in [0.15, 0.2) is 60.9 Å². The minimum Gasteiger partial charge on any atom is -0.343 e. The van der Waals surface area contributed by atoms with Gasteiger partial charge >= 0.3 is 0 Å². The van der Waals surface area contributed by atoms with E-state index in [0.29, 0.717) is 22.4 Å². The first-order valence-corrected chi connectivity index (χ1v) is 8.42. The van der Waals surface area contributed by atoms with Gasteiger partial charge in [-0.05, 0) is 60.5 Å². The van der Waals surface area contributed by atoms with Gasteiger partial charge in [-0.2, -0.15) is 0 Å². The molecule has 4 rings (SSSR count). The summed E-state index contributed by atoms with van der Waals surface area (Å²) < 4.78 is 60.7. The van der Waals surface area contributed by atoms with Gasteiger partial charge in [-0.15, -0.1) is 0 Å². The minimum atomic E-state index is -3.20. The fraction of sp³-hybridized carbons (Fsp3) is 0.136. The third-order valence-electron chi connectivity index (χ3n) is 4.38. The van der Waals surface area contributed by atoms with Gasteiger partial charge in [-0.1, -0.05) is 6.07 Å². The number of fused-ring (bicyclic) bond motifs is 1. The van der Waals surface area contributed by atoms with Crippen LogP contribution in [-0.2, 0) is 0 Å². The van der Waals surface area contributed by atoms with Crippen molar-refractivity contribution in [2.45, 2.75) is 6.92 Å². The summed E-state index contributed by atoms with van der Waals surface area (Å²) in [4.78, 5) is 21.5. The zero-order valence-corrected chi connectivity index (χ0v) is 14.8. The second-order valence-corrected chi connectivity index (χ2v) is 6.28. The summed E-state index contributed by atoms with van der Waals surface area (Å²) in [6, 6.07) is 13.0. The lowest BCUT2D eigenvalue weighted by Gasteiger charge is -2.13. The first-order valence-electron chi connectivity index (χ1n) is 11.4. The number of rotatable bonds is 3. The fourth-order valence-electron chi connectivity index (χ4n) is 3.08. The smallest absolute Gasteiger partial charge is 0.271 e. The average molecular weight is 380 g/mol. The van der Waals surface area contributed by atoms with Crippen molar-refractivity contribution < 1.29 is 17.4 Å². The molecule has 6 heteroatoms. The highest BCUT2D eigenvalue weighted by Gasteiger charge is 2.16. The number of imidazole rings is 1. The maximum absolute atomic E-state index is 14.2. The minimum absolute atomic E-state index is 0.125. The maximum atomic E-state index is 14.2. The summed E-state index contributed by atoms with van der Waals surface area (Å²) in [6.07, 6.45) is 2.60. The summed E-state index contributed by atoms with van der Waals surface area (Å²) in [5, 5.41) is 0. The molecule has 0 N–H and O–H groups in total. The van der Waals surface area contributed by atoms with Crippen molar-refractivity contribution in [3.63, 3.8) is 0 Å². The Balaban J connectivity index is 1.88. The predicted molar refractivity (Wildman–Crippen MR) is 107 cm³/mol. The van der Waals surface area contributed by atoms with E-state index in [1.165, 1.54) is 22.7 Å². The van der Waals surface area contributed by atoms with E-state index in [0.717, 1.165) is 11.9 Å². The van der Waals surface area contributed by atoms with Crippen LogP contribution in [0, 0.1) is 12.7 Å². The number of pyridine rings is 2. The number of aryl methyl sites for hydroxylation is 1. The van der Waals surface area contributed by atoms with Crippen LogP contribution in [0.5, 0.6) is 0 Å². The number of aromatic nitrogens is 3. The van der Waals surface area contributed by atoms with Crippen LogP contribution in [0.3, 0.4) is 0 Å². The zero-order valence-electron chi connectivity index (χ0n) is 20.8. The number of amides is 1. The molecule has 0 unspecified atom stereocenters. The average Bonchev–Trinajstić information content (AvgIpc) is 3.15. The third kappa shape index (κ3) is 3.13. The summed E-state index contributed by atoms with van der Waals surface area (Å²) in [7, 11) is 0. The molecule has 0 atom stereocenters. The third-order valence-corrected chi connectivity index (χ3v) is 4.38. The summed E-state index contributed by atoms with van der Waals surface area (Å²) in [5.74, 6) is -1.71. The van der Waals surface area contributed by atoms with Crippen molar-refractivity contribution in [2.24, 2.45) is 0 Å². The van der Waals surface area contributed by atoms with E-state index in [-0.39, 0.29) is 16.2 Å². The van der Waals surface area contributed by atoms with Crippen LogP contribution in [0.4, 0.5) is 4.39 Å². The fourth-order valence-corrected chi connectivity index (χ4v) is 3.08. The Morgan fingerprint density at radius 2 is 2.00 bits per heavy atom. The lowest BCUT2D eigenvalue weighted by molar-refractivity contribution is 0.0821. The first-order chi connectivity index (χ1) is 15.9. The molecule has 140 valence electrons. The highest BCUT2D eigenvalue weighted by molar-refractivity contribution is 5.93. The van der Waals surface area contributed by atoms with E-state index in [1.54, 1.807) is 24.3 Å². The molecule has 0 saturated heterocycles. The molecule has 0 spiro atoms. The van der Waals surface area contributed by atoms with Gasteiger partial charge in [0.1, 0.15) is 17.2 Å². The lowest BCUT2D eigenvalue weighted by Crippen LogP contribution is -2.23. The van der Waals surface area contributed by atoms with Crippen LogP contribution in [0.25, 0.3) is 28.0 Å². The van der Waals surface area contributed by atoms with Crippen LogP contribution in [-0.4, -0.2) is 39.1 Å². The summed E-state index contributed by atoms with van der Waals surface area (Å²) in [5.41, 5.74) is 3.05. The molecular formula is C22H19FN4O. The van der Waals surface area contributed by atoms with Crippen LogP contribution in [0.2, 0.25) is 0 Å². The second kappa shape index (κ2) is 6.88. The van der Waals surface area contributed by atoms with Gasteiger partial charge in [0.15, 0.2) is 0 Å². The Bertz CT molecular complexity index is 1380. The molecule has 4 aromatic rings. The van der Waals surface area contributed by atoms with Crippen molar-refractivity contribution in [3.8, 4) is 22.4 Å². The van der Waals surface area contributed by atoms with E-state index in [2.05, 4.69) is 9.97 Å². The first kappa shape index (κ1) is 12.0. The van der Waals surface area contributed by atoms with Gasteiger partial charge in [0.25, 0.3) is 5.91 Å². The van der Waals surface area contributed by atoms with Crippen LogP contribution < -0.4 is 0 Å². The van der Waals surface area contributed by atoms with E-state index < -0.39 is 25.7 Å². The van der Waals surface area contributed by atoms with Gasteiger partial charge in [-0.25, -0.2) is 9.37 Å². The Labute approximate surface area is 170 Å². The Morgan fingerprint density at radius 1 is 1.14 bits per heavy atom. The van der Waals surface area contributed by atoms with Gasteiger partial charge in [0.05, 0.1) is 11.9 Å². The number of carbonyl (C=O) groups is 1. The standard InChI is InChI=1S/C22H19FN4O/c1-14-5-4-6-19(25-14)17-9-8-16(23)11-18(17)15-7-10-21-24-12-20(27(21)13-15)22(28)26(2)3/h4-13H,1-3H3/i2D3,3D3. The molecule has 0 fully saturated rings. The molecule has 1 aromatic carbocycles. The van der Waals surface area contributed by atoms with Crippen molar-refractivity contribution in [3.05, 3.63) is 78.1 Å². The number of benzene rings is 1. The molecule has 3 aromatic heterocycles. The summed E-state index contributed by atoms with van der Waals surface area (Å²) in [6.45, 7) is -4.56. The van der Waals surface area contributed by atoms with Gasteiger partial charge < -0.3 is 4.90 Å². The topological polar surface area (TPSA) is 50.5 Å². The molecule has 0 aliphatic rings. The van der Waals surface area contributed by atoms with Crippen molar-refractivity contribution in [1.29, 1.82) is 0 Å². The molecule has 0 radical (unpaired) electrons. The van der Waals surface area contributed by atoms with E-state index >= 15 is 0 Å². The molecule has 0 aliphatic carbocycles. The number of nitrogens with zero attached hydrogens (tertiary/aromatic N) is 4. The molecule has 0 aliphatic heterocycles. The van der Waals surface area contributed by atoms with E-state index in [9.17, 15) is 9.18 Å². The van der Waals surface area contributed by atoms with E-state index in [4.69, 9.17) is 8.22 Å².